The lowest BCUT2D eigenvalue weighted by Crippen LogP contribution is -2.45. The van der Waals surface area contributed by atoms with Crippen molar-refractivity contribution in [3.63, 3.8) is 0 Å². The Morgan fingerprint density at radius 1 is 1.17 bits per heavy atom. The zero-order chi connectivity index (χ0) is 16.9. The van der Waals surface area contributed by atoms with E-state index in [4.69, 9.17) is 10.6 Å². The van der Waals surface area contributed by atoms with Crippen molar-refractivity contribution >= 4 is 0 Å². The molecule has 1 saturated heterocycles. The number of methoxy groups -OCH3 is 1. The Morgan fingerprint density at radius 2 is 1.96 bits per heavy atom. The van der Waals surface area contributed by atoms with Crippen LogP contribution in [0.15, 0.2) is 54.6 Å². The van der Waals surface area contributed by atoms with Crippen molar-refractivity contribution in [2.75, 3.05) is 13.7 Å². The fourth-order valence-electron chi connectivity index (χ4n) is 4.01. The molecule has 0 bridgehead atoms. The summed E-state index contributed by atoms with van der Waals surface area (Å²) in [6.07, 6.45) is 3.34. The summed E-state index contributed by atoms with van der Waals surface area (Å²) < 4.78 is 5.99. The normalized spacial score (nSPS) is 23.1. The van der Waals surface area contributed by atoms with E-state index in [0.717, 1.165) is 25.8 Å². The van der Waals surface area contributed by atoms with Crippen molar-refractivity contribution in [3.8, 4) is 0 Å². The Kier molecular flexibility index (Phi) is 5.67. The first-order valence-electron chi connectivity index (χ1n) is 8.92. The average molecular weight is 324 g/mol. The first-order valence-corrected chi connectivity index (χ1v) is 8.92. The largest absolute Gasteiger partial charge is 0.376 e. The third-order valence-corrected chi connectivity index (χ3v) is 5.19. The molecule has 1 fully saturated rings. The van der Waals surface area contributed by atoms with Crippen LogP contribution in [0.25, 0.3) is 0 Å². The first kappa shape index (κ1) is 17.2. The van der Waals surface area contributed by atoms with Gasteiger partial charge in [0.2, 0.25) is 0 Å². The van der Waals surface area contributed by atoms with Gasteiger partial charge < -0.3 is 4.74 Å². The van der Waals surface area contributed by atoms with Gasteiger partial charge in [-0.25, -0.2) is 5.01 Å². The molecule has 0 aromatic heterocycles. The van der Waals surface area contributed by atoms with Crippen molar-refractivity contribution in [3.05, 3.63) is 71.3 Å². The average Bonchev–Trinajstić information content (AvgIpc) is 2.63. The van der Waals surface area contributed by atoms with Crippen molar-refractivity contribution in [2.45, 2.75) is 38.3 Å². The van der Waals surface area contributed by atoms with Crippen LogP contribution in [0.3, 0.4) is 0 Å². The molecule has 2 N–H and O–H groups in total. The van der Waals surface area contributed by atoms with E-state index in [2.05, 4.69) is 61.5 Å². The van der Waals surface area contributed by atoms with Crippen molar-refractivity contribution in [1.29, 1.82) is 0 Å². The number of hydrogen-bond donors (Lipinski definition) is 1. The minimum absolute atomic E-state index is 0.0630. The van der Waals surface area contributed by atoms with Gasteiger partial charge in [0.1, 0.15) is 0 Å². The minimum Gasteiger partial charge on any atom is -0.376 e. The van der Waals surface area contributed by atoms with E-state index in [1.807, 2.05) is 12.1 Å². The Morgan fingerprint density at radius 3 is 2.67 bits per heavy atom. The second kappa shape index (κ2) is 7.93. The van der Waals surface area contributed by atoms with E-state index in [-0.39, 0.29) is 12.1 Å². The molecule has 24 heavy (non-hydrogen) atoms. The molecule has 0 radical (unpaired) electrons. The second-order valence-electron chi connectivity index (χ2n) is 6.65. The maximum atomic E-state index is 6.41. The molecule has 1 aliphatic rings. The van der Waals surface area contributed by atoms with Gasteiger partial charge in [0, 0.05) is 19.6 Å². The van der Waals surface area contributed by atoms with Crippen molar-refractivity contribution in [1.82, 2.24) is 5.01 Å². The van der Waals surface area contributed by atoms with E-state index in [1.165, 1.54) is 16.7 Å². The highest BCUT2D eigenvalue weighted by Crippen LogP contribution is 2.43. The van der Waals surface area contributed by atoms with E-state index < -0.39 is 0 Å². The van der Waals surface area contributed by atoms with Gasteiger partial charge in [-0.05, 0) is 36.0 Å². The number of benzene rings is 2. The fraction of sp³-hybridized carbons (Fsp3) is 0.429. The molecule has 0 amide bonds. The zero-order valence-electron chi connectivity index (χ0n) is 14.7. The number of hydrogen-bond acceptors (Lipinski definition) is 3. The summed E-state index contributed by atoms with van der Waals surface area (Å²) in [4.78, 5) is 0. The minimum atomic E-state index is 0.0630. The van der Waals surface area contributed by atoms with Crippen molar-refractivity contribution < 1.29 is 4.74 Å². The van der Waals surface area contributed by atoms with Crippen LogP contribution in [0.1, 0.15) is 48.6 Å². The molecular formula is C21H28N2O. The molecule has 3 nitrogen and oxygen atoms in total. The first-order chi connectivity index (χ1) is 11.7. The van der Waals surface area contributed by atoms with Gasteiger partial charge in [-0.1, -0.05) is 61.5 Å². The summed E-state index contributed by atoms with van der Waals surface area (Å²) in [6.45, 7) is 3.12. The van der Waals surface area contributed by atoms with Crippen LogP contribution in [-0.4, -0.2) is 18.7 Å². The number of ether oxygens (including phenoxy) is 1. The number of rotatable bonds is 5. The lowest BCUT2D eigenvalue weighted by atomic mass is 9.79. The lowest BCUT2D eigenvalue weighted by Gasteiger charge is -2.42. The molecule has 1 aliphatic heterocycles. The SMILES string of the molecule is CCc1cccc(C(OC)[C@H]2CCCN(N)[C@@H]2c2ccccc2)c1. The smallest absolute Gasteiger partial charge is 0.0868 e. The van der Waals surface area contributed by atoms with Crippen LogP contribution in [0.2, 0.25) is 0 Å². The molecule has 3 atom stereocenters. The summed E-state index contributed by atoms with van der Waals surface area (Å²) in [5, 5.41) is 2.00. The van der Waals surface area contributed by atoms with Crippen LogP contribution in [0, 0.1) is 5.92 Å². The van der Waals surface area contributed by atoms with Crippen LogP contribution < -0.4 is 5.84 Å². The van der Waals surface area contributed by atoms with E-state index in [9.17, 15) is 0 Å². The third-order valence-electron chi connectivity index (χ3n) is 5.19. The molecule has 1 unspecified atom stereocenters. The molecule has 2 aromatic carbocycles. The van der Waals surface area contributed by atoms with E-state index in [0.29, 0.717) is 5.92 Å². The number of hydrazine groups is 1. The molecule has 2 aromatic rings. The fourth-order valence-corrected chi connectivity index (χ4v) is 4.01. The molecule has 1 heterocycles. The summed E-state index contributed by atoms with van der Waals surface area (Å²) in [5.41, 5.74) is 3.89. The second-order valence-corrected chi connectivity index (χ2v) is 6.65. The number of aryl methyl sites for hydroxylation is 1. The molecule has 128 valence electrons. The van der Waals surface area contributed by atoms with Crippen LogP contribution in [-0.2, 0) is 11.2 Å². The molecule has 3 rings (SSSR count). The van der Waals surface area contributed by atoms with Gasteiger partial charge in [0.05, 0.1) is 12.1 Å². The standard InChI is InChI=1S/C21H28N2O/c1-3-16-9-7-12-18(15-16)21(24-2)19-13-8-14-23(22)20(19)17-10-5-4-6-11-17/h4-7,9-12,15,19-21H,3,8,13-14,22H2,1-2H3/t19-,20+,21?/m0/s1. The number of nitrogens with zero attached hydrogens (tertiary/aromatic N) is 1. The van der Waals surface area contributed by atoms with Gasteiger partial charge in [-0.15, -0.1) is 0 Å². The highest BCUT2D eigenvalue weighted by atomic mass is 16.5. The molecular weight excluding hydrogens is 296 g/mol. The quantitative estimate of drug-likeness (QED) is 0.835. The predicted molar refractivity (Wildman–Crippen MR) is 98.4 cm³/mol. The molecule has 0 spiro atoms. The Balaban J connectivity index is 1.95. The molecule has 3 heteroatoms. The summed E-state index contributed by atoms with van der Waals surface area (Å²) in [5.74, 6) is 6.76. The van der Waals surface area contributed by atoms with Crippen LogP contribution >= 0.6 is 0 Å². The molecule has 0 aliphatic carbocycles. The predicted octanol–water partition coefficient (Wildman–Crippen LogP) is 4.26. The van der Waals surface area contributed by atoms with Gasteiger partial charge in [0.15, 0.2) is 0 Å². The lowest BCUT2D eigenvalue weighted by molar-refractivity contribution is -0.0233. The molecule has 0 saturated carbocycles. The van der Waals surface area contributed by atoms with E-state index >= 15 is 0 Å². The number of nitrogens with two attached hydrogens (primary N) is 1. The Bertz CT molecular complexity index is 643. The van der Waals surface area contributed by atoms with Gasteiger partial charge in [0.25, 0.3) is 0 Å². The van der Waals surface area contributed by atoms with Gasteiger partial charge in [-0.2, -0.15) is 0 Å². The maximum Gasteiger partial charge on any atom is 0.0868 e. The Labute approximate surface area is 145 Å². The van der Waals surface area contributed by atoms with Crippen LogP contribution in [0.5, 0.6) is 0 Å². The summed E-state index contributed by atoms with van der Waals surface area (Å²) in [6, 6.07) is 19.6. The van der Waals surface area contributed by atoms with Gasteiger partial charge in [-0.3, -0.25) is 5.84 Å². The van der Waals surface area contributed by atoms with Crippen molar-refractivity contribution in [2.24, 2.45) is 11.8 Å². The summed E-state index contributed by atoms with van der Waals surface area (Å²) in [7, 11) is 1.82. The monoisotopic (exact) mass is 324 g/mol. The highest BCUT2D eigenvalue weighted by molar-refractivity contribution is 5.28. The topological polar surface area (TPSA) is 38.5 Å². The maximum absolute atomic E-state index is 6.41. The third kappa shape index (κ3) is 3.54. The highest BCUT2D eigenvalue weighted by Gasteiger charge is 2.37. The summed E-state index contributed by atoms with van der Waals surface area (Å²) >= 11 is 0. The number of piperidine rings is 1. The zero-order valence-corrected chi connectivity index (χ0v) is 14.7. The van der Waals surface area contributed by atoms with E-state index in [1.54, 1.807) is 0 Å². The Hall–Kier alpha value is -1.68. The van der Waals surface area contributed by atoms with Crippen LogP contribution in [0.4, 0.5) is 0 Å². The van der Waals surface area contributed by atoms with Gasteiger partial charge >= 0.3 is 0 Å².